The summed E-state index contributed by atoms with van der Waals surface area (Å²) in [5.74, 6) is 0.0997. The Bertz CT molecular complexity index is 1160. The van der Waals surface area contributed by atoms with Gasteiger partial charge in [-0.05, 0) is 18.9 Å². The average Bonchev–Trinajstić information content (AvgIpc) is 3.27. The van der Waals surface area contributed by atoms with E-state index in [1.54, 1.807) is 30.1 Å². The van der Waals surface area contributed by atoms with Crippen LogP contribution in [0.3, 0.4) is 0 Å². The number of H-pyrrole nitrogens is 1. The van der Waals surface area contributed by atoms with E-state index in [4.69, 9.17) is 4.74 Å². The molecule has 4 heterocycles. The molecule has 0 atom stereocenters. The molecule has 0 amide bonds. The molecule has 0 saturated heterocycles. The summed E-state index contributed by atoms with van der Waals surface area (Å²) in [5, 5.41) is 13.5. The number of rotatable bonds is 5. The molecule has 144 valence electrons. The molecule has 8 nitrogen and oxygen atoms in total. The van der Waals surface area contributed by atoms with Gasteiger partial charge in [0.2, 0.25) is 5.95 Å². The topological polar surface area (TPSA) is 100 Å². The van der Waals surface area contributed by atoms with E-state index in [1.807, 2.05) is 0 Å². The lowest BCUT2D eigenvalue weighted by atomic mass is 9.89. The highest BCUT2D eigenvalue weighted by molar-refractivity contribution is 5.93. The monoisotopic (exact) mass is 382 g/mol. The number of anilines is 1. The third-order valence-corrected chi connectivity index (χ3v) is 5.30. The smallest absolute Gasteiger partial charge is 0.224 e. The summed E-state index contributed by atoms with van der Waals surface area (Å²) in [7, 11) is 1.72. The van der Waals surface area contributed by atoms with Gasteiger partial charge >= 0.3 is 0 Å². The fourth-order valence-corrected chi connectivity index (χ4v) is 3.63. The maximum Gasteiger partial charge on any atom is 0.224 e. The molecule has 1 fully saturated rings. The molecule has 5 rings (SSSR count). The second-order valence-electron chi connectivity index (χ2n) is 7.01. The Kier molecular flexibility index (Phi) is 3.99. The molecule has 3 N–H and O–H groups in total. The van der Waals surface area contributed by atoms with E-state index in [2.05, 4.69) is 25.3 Å². The summed E-state index contributed by atoms with van der Waals surface area (Å²) in [6.07, 6.45) is 8.90. The molecular formula is C19H19FN6O2. The number of imidazole rings is 1. The van der Waals surface area contributed by atoms with Gasteiger partial charge in [-0.25, -0.2) is 14.4 Å². The van der Waals surface area contributed by atoms with Gasteiger partial charge in [-0.15, -0.1) is 0 Å². The van der Waals surface area contributed by atoms with Gasteiger partial charge in [0.1, 0.15) is 5.65 Å². The van der Waals surface area contributed by atoms with Crippen LogP contribution in [0, 0.1) is 5.82 Å². The standard InChI is InChI=1S/C19H19FN6O2/c1-28-13-3-11(4-13)24-19-23-7-15-14(6-21-17(15)25-19)10-2-16(20)18-22-5-12(9-27)26(18)8-10/h2,5-8,11,13,27H,3-4,9H2,1H3,(H2,21,23,24,25)/t11-,13+. The first-order chi connectivity index (χ1) is 13.7. The lowest BCUT2D eigenvalue weighted by Crippen LogP contribution is -2.40. The van der Waals surface area contributed by atoms with Crippen molar-refractivity contribution in [3.63, 3.8) is 0 Å². The molecule has 9 heteroatoms. The molecule has 1 aliphatic carbocycles. The van der Waals surface area contributed by atoms with Crippen molar-refractivity contribution in [3.8, 4) is 11.1 Å². The maximum atomic E-state index is 14.5. The second kappa shape index (κ2) is 6.54. The van der Waals surface area contributed by atoms with Gasteiger partial charge in [-0.2, -0.15) is 4.98 Å². The number of halogens is 1. The minimum Gasteiger partial charge on any atom is -0.390 e. The highest BCUT2D eigenvalue weighted by atomic mass is 19.1. The number of aromatic nitrogens is 5. The van der Waals surface area contributed by atoms with E-state index in [0.29, 0.717) is 35.0 Å². The SMILES string of the molecule is CO[C@H]1C[C@@H](Nc2ncc3c(-c4cc(F)c5ncc(CO)n5c4)c[nH]c3n2)C1. The molecule has 0 aromatic carbocycles. The van der Waals surface area contributed by atoms with Crippen molar-refractivity contribution in [1.29, 1.82) is 0 Å². The van der Waals surface area contributed by atoms with E-state index in [0.717, 1.165) is 23.8 Å². The van der Waals surface area contributed by atoms with Crippen LogP contribution < -0.4 is 5.32 Å². The molecule has 28 heavy (non-hydrogen) atoms. The fraction of sp³-hybridized carbons (Fsp3) is 0.316. The van der Waals surface area contributed by atoms with Gasteiger partial charge in [0.15, 0.2) is 11.5 Å². The Morgan fingerprint density at radius 2 is 2.21 bits per heavy atom. The van der Waals surface area contributed by atoms with E-state index < -0.39 is 5.82 Å². The van der Waals surface area contributed by atoms with E-state index in [1.165, 1.54) is 12.3 Å². The van der Waals surface area contributed by atoms with Crippen LogP contribution >= 0.6 is 0 Å². The summed E-state index contributed by atoms with van der Waals surface area (Å²) in [5.41, 5.74) is 2.81. The molecule has 1 saturated carbocycles. The highest BCUT2D eigenvalue weighted by Gasteiger charge is 2.29. The number of nitrogens with one attached hydrogen (secondary N) is 2. The van der Waals surface area contributed by atoms with E-state index >= 15 is 0 Å². The van der Waals surface area contributed by atoms with Crippen molar-refractivity contribution in [1.82, 2.24) is 24.3 Å². The molecule has 0 radical (unpaired) electrons. The van der Waals surface area contributed by atoms with E-state index in [-0.39, 0.29) is 12.3 Å². The van der Waals surface area contributed by atoms with Crippen LogP contribution in [0.5, 0.6) is 0 Å². The first kappa shape index (κ1) is 17.1. The minimum atomic E-state index is -0.455. The molecule has 0 bridgehead atoms. The normalized spacial score (nSPS) is 19.2. The summed E-state index contributed by atoms with van der Waals surface area (Å²) >= 11 is 0. The number of hydrogen-bond acceptors (Lipinski definition) is 6. The summed E-state index contributed by atoms with van der Waals surface area (Å²) in [6, 6.07) is 1.74. The summed E-state index contributed by atoms with van der Waals surface area (Å²) in [4.78, 5) is 16.1. The summed E-state index contributed by atoms with van der Waals surface area (Å²) < 4.78 is 21.3. The first-order valence-corrected chi connectivity index (χ1v) is 9.06. The lowest BCUT2D eigenvalue weighted by molar-refractivity contribution is 0.0327. The number of ether oxygens (including phenoxy) is 1. The largest absolute Gasteiger partial charge is 0.390 e. The predicted octanol–water partition coefficient (Wildman–Crippen LogP) is 2.49. The number of pyridine rings is 1. The molecule has 1 aliphatic rings. The third kappa shape index (κ3) is 2.71. The van der Waals surface area contributed by atoms with Crippen LogP contribution in [-0.2, 0) is 11.3 Å². The molecule has 4 aromatic heterocycles. The van der Waals surface area contributed by atoms with Crippen molar-refractivity contribution in [2.75, 3.05) is 12.4 Å². The van der Waals surface area contributed by atoms with Crippen molar-refractivity contribution in [2.45, 2.75) is 31.6 Å². The summed E-state index contributed by atoms with van der Waals surface area (Å²) in [6.45, 7) is -0.221. The number of aliphatic hydroxyl groups excluding tert-OH is 1. The number of fused-ring (bicyclic) bond motifs is 2. The van der Waals surface area contributed by atoms with Crippen LogP contribution in [0.1, 0.15) is 18.5 Å². The average molecular weight is 382 g/mol. The Morgan fingerprint density at radius 1 is 1.36 bits per heavy atom. The van der Waals surface area contributed by atoms with Gasteiger partial charge < -0.3 is 20.1 Å². The first-order valence-electron chi connectivity index (χ1n) is 9.06. The Hall–Kier alpha value is -3.04. The van der Waals surface area contributed by atoms with Gasteiger partial charge in [0.25, 0.3) is 0 Å². The van der Waals surface area contributed by atoms with Gasteiger partial charge in [-0.1, -0.05) is 0 Å². The number of aliphatic hydroxyl groups is 1. The van der Waals surface area contributed by atoms with E-state index in [9.17, 15) is 9.50 Å². The third-order valence-electron chi connectivity index (χ3n) is 5.30. The molecular weight excluding hydrogens is 363 g/mol. The zero-order valence-electron chi connectivity index (χ0n) is 15.2. The fourth-order valence-electron chi connectivity index (χ4n) is 3.63. The molecule has 4 aromatic rings. The van der Waals surface area contributed by atoms with Crippen LogP contribution in [0.4, 0.5) is 10.3 Å². The number of nitrogens with zero attached hydrogens (tertiary/aromatic N) is 4. The Balaban J connectivity index is 1.49. The number of aromatic amines is 1. The zero-order valence-corrected chi connectivity index (χ0v) is 15.2. The van der Waals surface area contributed by atoms with Crippen LogP contribution in [0.15, 0.2) is 30.9 Å². The maximum absolute atomic E-state index is 14.5. The number of hydrogen-bond donors (Lipinski definition) is 3. The number of methoxy groups -OCH3 is 1. The lowest BCUT2D eigenvalue weighted by Gasteiger charge is -2.34. The van der Waals surface area contributed by atoms with Gasteiger partial charge in [0.05, 0.1) is 24.6 Å². The van der Waals surface area contributed by atoms with Crippen molar-refractivity contribution in [2.24, 2.45) is 0 Å². The molecule has 0 spiro atoms. The molecule has 0 unspecified atom stereocenters. The van der Waals surface area contributed by atoms with Crippen molar-refractivity contribution in [3.05, 3.63) is 42.4 Å². The van der Waals surface area contributed by atoms with Crippen LogP contribution in [0.2, 0.25) is 0 Å². The van der Waals surface area contributed by atoms with Crippen molar-refractivity contribution >= 4 is 22.6 Å². The van der Waals surface area contributed by atoms with Crippen LogP contribution in [-0.4, -0.2) is 48.7 Å². The van der Waals surface area contributed by atoms with Crippen molar-refractivity contribution < 1.29 is 14.2 Å². The highest BCUT2D eigenvalue weighted by Crippen LogP contribution is 2.30. The van der Waals surface area contributed by atoms with Gasteiger partial charge in [0, 0.05) is 48.3 Å². The quantitative estimate of drug-likeness (QED) is 0.490. The Labute approximate surface area is 159 Å². The molecule has 0 aliphatic heterocycles. The van der Waals surface area contributed by atoms with Gasteiger partial charge in [-0.3, -0.25) is 4.40 Å². The predicted molar refractivity (Wildman–Crippen MR) is 101 cm³/mol. The van der Waals surface area contributed by atoms with Crippen LogP contribution in [0.25, 0.3) is 27.8 Å². The zero-order chi connectivity index (χ0) is 19.3. The second-order valence-corrected chi connectivity index (χ2v) is 7.01. The minimum absolute atomic E-state index is 0.185. The Morgan fingerprint density at radius 3 is 3.00 bits per heavy atom.